The molecule has 0 saturated heterocycles. The SMILES string of the molecule is COC(=O)C1Cc2cccc(Cl)c2CCN1. The zero-order valence-electron chi connectivity index (χ0n) is 9.13. The van der Waals surface area contributed by atoms with Crippen LogP contribution in [0.5, 0.6) is 0 Å². The summed E-state index contributed by atoms with van der Waals surface area (Å²) >= 11 is 6.13. The lowest BCUT2D eigenvalue weighted by atomic mass is 10.0. The van der Waals surface area contributed by atoms with Crippen LogP contribution in [0.3, 0.4) is 0 Å². The Hall–Kier alpha value is -1.06. The smallest absolute Gasteiger partial charge is 0.323 e. The first kappa shape index (κ1) is 11.4. The highest BCUT2D eigenvalue weighted by Crippen LogP contribution is 2.23. The number of hydrogen-bond donors (Lipinski definition) is 1. The van der Waals surface area contributed by atoms with E-state index in [1.807, 2.05) is 18.2 Å². The molecule has 1 aromatic carbocycles. The van der Waals surface area contributed by atoms with Crippen molar-refractivity contribution in [3.8, 4) is 0 Å². The predicted octanol–water partition coefficient (Wildman–Crippen LogP) is 1.57. The minimum atomic E-state index is -0.260. The fourth-order valence-electron chi connectivity index (χ4n) is 2.05. The Bertz CT molecular complexity index is 406. The molecule has 1 heterocycles. The number of ether oxygens (including phenoxy) is 1. The Morgan fingerprint density at radius 3 is 3.12 bits per heavy atom. The molecule has 1 N–H and O–H groups in total. The summed E-state index contributed by atoms with van der Waals surface area (Å²) < 4.78 is 4.76. The van der Waals surface area contributed by atoms with Crippen LogP contribution in [0, 0.1) is 0 Å². The van der Waals surface area contributed by atoms with Gasteiger partial charge in [-0.1, -0.05) is 23.7 Å². The Balaban J connectivity index is 2.28. The summed E-state index contributed by atoms with van der Waals surface area (Å²) in [5, 5.41) is 3.96. The fraction of sp³-hybridized carbons (Fsp3) is 0.417. The molecule has 1 aromatic rings. The van der Waals surface area contributed by atoms with Crippen molar-refractivity contribution >= 4 is 17.6 Å². The van der Waals surface area contributed by atoms with Gasteiger partial charge < -0.3 is 10.1 Å². The number of carbonyl (C=O) groups is 1. The highest BCUT2D eigenvalue weighted by atomic mass is 35.5. The fourth-order valence-corrected chi connectivity index (χ4v) is 2.34. The van der Waals surface area contributed by atoms with Crippen molar-refractivity contribution in [1.29, 1.82) is 0 Å². The summed E-state index contributed by atoms with van der Waals surface area (Å²) in [5.74, 6) is -0.215. The van der Waals surface area contributed by atoms with Crippen molar-refractivity contribution in [2.75, 3.05) is 13.7 Å². The minimum Gasteiger partial charge on any atom is -0.468 e. The third kappa shape index (κ3) is 2.20. The van der Waals surface area contributed by atoms with Crippen LogP contribution in [0.15, 0.2) is 18.2 Å². The van der Waals surface area contributed by atoms with Gasteiger partial charge >= 0.3 is 5.97 Å². The van der Waals surface area contributed by atoms with Gasteiger partial charge in [-0.3, -0.25) is 4.79 Å². The van der Waals surface area contributed by atoms with Crippen molar-refractivity contribution < 1.29 is 9.53 Å². The van der Waals surface area contributed by atoms with Crippen LogP contribution in [-0.2, 0) is 22.4 Å². The number of fused-ring (bicyclic) bond motifs is 1. The molecular formula is C12H14ClNO2. The molecule has 0 aliphatic carbocycles. The number of halogens is 1. The summed E-state index contributed by atoms with van der Waals surface area (Å²) in [6, 6.07) is 5.56. The van der Waals surface area contributed by atoms with E-state index in [0.29, 0.717) is 6.42 Å². The number of esters is 1. The normalized spacial score (nSPS) is 19.8. The molecule has 0 saturated carbocycles. The number of rotatable bonds is 1. The van der Waals surface area contributed by atoms with Crippen LogP contribution in [0.2, 0.25) is 5.02 Å². The Labute approximate surface area is 99.7 Å². The van der Waals surface area contributed by atoms with Gasteiger partial charge in [0, 0.05) is 11.6 Å². The van der Waals surface area contributed by atoms with E-state index in [2.05, 4.69) is 5.32 Å². The average molecular weight is 240 g/mol. The second-order valence-electron chi connectivity index (χ2n) is 3.86. The summed E-state index contributed by atoms with van der Waals surface area (Å²) in [4.78, 5) is 11.5. The Morgan fingerprint density at radius 2 is 2.38 bits per heavy atom. The lowest BCUT2D eigenvalue weighted by molar-refractivity contribution is -0.143. The summed E-state index contributed by atoms with van der Waals surface area (Å²) in [7, 11) is 1.41. The van der Waals surface area contributed by atoms with Gasteiger partial charge in [0.1, 0.15) is 6.04 Å². The molecule has 1 aliphatic heterocycles. The molecule has 0 amide bonds. The van der Waals surface area contributed by atoms with Gasteiger partial charge in [-0.15, -0.1) is 0 Å². The number of benzene rings is 1. The molecule has 16 heavy (non-hydrogen) atoms. The van der Waals surface area contributed by atoms with Crippen LogP contribution in [0.4, 0.5) is 0 Å². The molecular weight excluding hydrogens is 226 g/mol. The monoisotopic (exact) mass is 239 g/mol. The first-order chi connectivity index (χ1) is 7.72. The average Bonchev–Trinajstić information content (AvgIpc) is 2.51. The zero-order chi connectivity index (χ0) is 11.5. The molecule has 0 bridgehead atoms. The van der Waals surface area contributed by atoms with Crippen molar-refractivity contribution in [3.05, 3.63) is 34.3 Å². The van der Waals surface area contributed by atoms with Crippen molar-refractivity contribution in [2.45, 2.75) is 18.9 Å². The highest BCUT2D eigenvalue weighted by Gasteiger charge is 2.23. The molecule has 0 fully saturated rings. The molecule has 4 heteroatoms. The molecule has 3 nitrogen and oxygen atoms in total. The lowest BCUT2D eigenvalue weighted by Gasteiger charge is -2.13. The largest absolute Gasteiger partial charge is 0.468 e. The number of hydrogen-bond acceptors (Lipinski definition) is 3. The van der Waals surface area contributed by atoms with Gasteiger partial charge in [0.25, 0.3) is 0 Å². The van der Waals surface area contributed by atoms with Crippen LogP contribution in [0.1, 0.15) is 11.1 Å². The van der Waals surface area contributed by atoms with E-state index in [-0.39, 0.29) is 12.0 Å². The second kappa shape index (κ2) is 4.85. The molecule has 86 valence electrons. The molecule has 1 aliphatic rings. The summed E-state index contributed by atoms with van der Waals surface area (Å²) in [5.41, 5.74) is 2.27. The van der Waals surface area contributed by atoms with Crippen LogP contribution < -0.4 is 5.32 Å². The number of nitrogens with one attached hydrogen (secondary N) is 1. The van der Waals surface area contributed by atoms with Gasteiger partial charge in [-0.2, -0.15) is 0 Å². The second-order valence-corrected chi connectivity index (χ2v) is 4.27. The highest BCUT2D eigenvalue weighted by molar-refractivity contribution is 6.31. The zero-order valence-corrected chi connectivity index (χ0v) is 9.88. The van der Waals surface area contributed by atoms with Crippen molar-refractivity contribution in [1.82, 2.24) is 5.32 Å². The lowest BCUT2D eigenvalue weighted by Crippen LogP contribution is -2.38. The summed E-state index contributed by atoms with van der Waals surface area (Å²) in [6.07, 6.45) is 1.49. The molecule has 0 aromatic heterocycles. The van der Waals surface area contributed by atoms with Crippen molar-refractivity contribution in [3.63, 3.8) is 0 Å². The van der Waals surface area contributed by atoms with E-state index >= 15 is 0 Å². The Morgan fingerprint density at radius 1 is 1.56 bits per heavy atom. The first-order valence-corrected chi connectivity index (χ1v) is 5.67. The van der Waals surface area contributed by atoms with Gasteiger partial charge in [0.2, 0.25) is 0 Å². The predicted molar refractivity (Wildman–Crippen MR) is 62.7 cm³/mol. The van der Waals surface area contributed by atoms with E-state index in [0.717, 1.165) is 29.1 Å². The maximum absolute atomic E-state index is 11.5. The molecule has 1 unspecified atom stereocenters. The topological polar surface area (TPSA) is 38.3 Å². The molecule has 1 atom stereocenters. The van der Waals surface area contributed by atoms with E-state index in [9.17, 15) is 4.79 Å². The van der Waals surface area contributed by atoms with Crippen LogP contribution in [-0.4, -0.2) is 25.7 Å². The third-order valence-corrected chi connectivity index (χ3v) is 3.25. The van der Waals surface area contributed by atoms with E-state index in [1.54, 1.807) is 0 Å². The summed E-state index contributed by atoms with van der Waals surface area (Å²) in [6.45, 7) is 0.747. The standard InChI is InChI=1S/C12H14ClNO2/c1-16-12(15)11-7-8-3-2-4-10(13)9(8)5-6-14-11/h2-4,11,14H,5-7H2,1H3. The third-order valence-electron chi connectivity index (χ3n) is 2.89. The maximum Gasteiger partial charge on any atom is 0.323 e. The van der Waals surface area contributed by atoms with Crippen molar-refractivity contribution in [2.24, 2.45) is 0 Å². The molecule has 0 spiro atoms. The van der Waals surface area contributed by atoms with Gasteiger partial charge in [0.05, 0.1) is 7.11 Å². The van der Waals surface area contributed by atoms with Gasteiger partial charge in [-0.05, 0) is 30.0 Å². The molecule has 2 rings (SSSR count). The maximum atomic E-state index is 11.5. The minimum absolute atomic E-state index is 0.215. The molecule has 0 radical (unpaired) electrons. The van der Waals surface area contributed by atoms with E-state index < -0.39 is 0 Å². The van der Waals surface area contributed by atoms with Crippen LogP contribution >= 0.6 is 11.6 Å². The number of methoxy groups -OCH3 is 1. The quantitative estimate of drug-likeness (QED) is 0.756. The first-order valence-electron chi connectivity index (χ1n) is 5.30. The number of carbonyl (C=O) groups excluding carboxylic acids is 1. The van der Waals surface area contributed by atoms with E-state index in [4.69, 9.17) is 16.3 Å². The Kier molecular flexibility index (Phi) is 3.46. The van der Waals surface area contributed by atoms with Crippen LogP contribution in [0.25, 0.3) is 0 Å². The van der Waals surface area contributed by atoms with E-state index in [1.165, 1.54) is 7.11 Å². The van der Waals surface area contributed by atoms with Gasteiger partial charge in [0.15, 0.2) is 0 Å². The van der Waals surface area contributed by atoms with Gasteiger partial charge in [-0.25, -0.2) is 0 Å².